The van der Waals surface area contributed by atoms with E-state index in [9.17, 15) is 5.11 Å². The number of hydrogen-bond donors (Lipinski definition) is 2. The van der Waals surface area contributed by atoms with E-state index in [0.29, 0.717) is 12.0 Å². The molecule has 2 rings (SSSR count). The number of aliphatic hydroxyl groups is 1. The van der Waals surface area contributed by atoms with Crippen molar-refractivity contribution in [2.75, 3.05) is 6.61 Å². The van der Waals surface area contributed by atoms with Crippen molar-refractivity contribution in [1.29, 1.82) is 0 Å². The minimum atomic E-state index is 0.224. The zero-order valence-corrected chi connectivity index (χ0v) is 14.0. The molecule has 0 aliphatic carbocycles. The van der Waals surface area contributed by atoms with Gasteiger partial charge >= 0.3 is 0 Å². The molecule has 2 atom stereocenters. The van der Waals surface area contributed by atoms with Crippen LogP contribution in [0.1, 0.15) is 44.6 Å². The molecule has 4 nitrogen and oxygen atoms in total. The Morgan fingerprint density at radius 1 is 1.18 bits per heavy atom. The number of hydrogen-bond acceptors (Lipinski definition) is 3. The van der Waals surface area contributed by atoms with Gasteiger partial charge in [-0.3, -0.25) is 0 Å². The van der Waals surface area contributed by atoms with Gasteiger partial charge in [-0.25, -0.2) is 4.98 Å². The highest BCUT2D eigenvalue weighted by molar-refractivity contribution is 5.36. The Bertz CT molecular complexity index is 574. The Kier molecular flexibility index (Phi) is 5.75. The summed E-state index contributed by atoms with van der Waals surface area (Å²) >= 11 is 0. The lowest BCUT2D eigenvalue weighted by molar-refractivity contribution is 0.237. The summed E-state index contributed by atoms with van der Waals surface area (Å²) in [7, 11) is 0. The third-order valence-corrected chi connectivity index (χ3v) is 4.21. The molecule has 2 N–H and O–H groups in total. The van der Waals surface area contributed by atoms with Crippen LogP contribution in [0.2, 0.25) is 0 Å². The van der Waals surface area contributed by atoms with Gasteiger partial charge in [0.2, 0.25) is 0 Å². The number of benzene rings is 1. The Balaban J connectivity index is 2.08. The zero-order chi connectivity index (χ0) is 16.1. The van der Waals surface area contributed by atoms with Crippen molar-refractivity contribution in [3.8, 4) is 5.69 Å². The van der Waals surface area contributed by atoms with Gasteiger partial charge in [0.15, 0.2) is 0 Å². The van der Waals surface area contributed by atoms with Crippen LogP contribution in [0.4, 0.5) is 0 Å². The third-order valence-electron chi connectivity index (χ3n) is 4.21. The van der Waals surface area contributed by atoms with Crippen LogP contribution in [-0.2, 0) is 0 Å². The monoisotopic (exact) mass is 301 g/mol. The molecule has 0 bridgehead atoms. The van der Waals surface area contributed by atoms with Crippen molar-refractivity contribution in [2.24, 2.45) is 5.92 Å². The molecular weight excluding hydrogens is 274 g/mol. The van der Waals surface area contributed by atoms with Crippen LogP contribution in [-0.4, -0.2) is 27.3 Å². The van der Waals surface area contributed by atoms with E-state index in [1.165, 1.54) is 5.56 Å². The topological polar surface area (TPSA) is 50.1 Å². The van der Waals surface area contributed by atoms with Crippen LogP contribution in [0.25, 0.3) is 5.69 Å². The molecule has 0 radical (unpaired) electrons. The van der Waals surface area contributed by atoms with E-state index in [1.807, 2.05) is 19.3 Å². The van der Waals surface area contributed by atoms with Crippen molar-refractivity contribution in [1.82, 2.24) is 14.9 Å². The molecule has 0 fully saturated rings. The first-order valence-electron chi connectivity index (χ1n) is 8.00. The average Bonchev–Trinajstić information content (AvgIpc) is 2.93. The summed E-state index contributed by atoms with van der Waals surface area (Å²) in [5, 5.41) is 12.8. The van der Waals surface area contributed by atoms with Gasteiger partial charge in [-0.15, -0.1) is 0 Å². The highest BCUT2D eigenvalue weighted by Crippen LogP contribution is 2.19. The van der Waals surface area contributed by atoms with Crippen LogP contribution >= 0.6 is 0 Å². The van der Waals surface area contributed by atoms with Gasteiger partial charge in [-0.2, -0.15) is 0 Å². The first kappa shape index (κ1) is 16.7. The molecule has 1 aromatic heterocycles. The summed E-state index contributed by atoms with van der Waals surface area (Å²) in [6, 6.07) is 9.15. The molecule has 1 aromatic carbocycles. The number of aliphatic hydroxyl groups excluding tert-OH is 1. The van der Waals surface area contributed by atoms with Gasteiger partial charge in [0.25, 0.3) is 0 Å². The van der Waals surface area contributed by atoms with Crippen molar-refractivity contribution < 1.29 is 5.11 Å². The first-order valence-corrected chi connectivity index (χ1v) is 8.00. The molecule has 22 heavy (non-hydrogen) atoms. The maximum absolute atomic E-state index is 9.19. The fraction of sp³-hybridized carbons (Fsp3) is 0.500. The number of rotatable bonds is 7. The van der Waals surface area contributed by atoms with Gasteiger partial charge in [0, 0.05) is 36.8 Å². The molecule has 4 heteroatoms. The minimum absolute atomic E-state index is 0.224. The standard InChI is InChI=1S/C18H27N3O/c1-13(2)18(9-12-22)20-14(3)16-5-7-17(8-6-16)21-11-10-19-15(21)4/h5-8,10-11,13-14,18,20,22H,9,12H2,1-4H3. The molecule has 0 aliphatic rings. The molecule has 1 heterocycles. The number of aryl methyl sites for hydroxylation is 1. The average molecular weight is 301 g/mol. The van der Waals surface area contributed by atoms with E-state index < -0.39 is 0 Å². The number of nitrogens with one attached hydrogen (secondary N) is 1. The van der Waals surface area contributed by atoms with Crippen molar-refractivity contribution >= 4 is 0 Å². The SMILES string of the molecule is Cc1nccn1-c1ccc(C(C)NC(CCO)C(C)C)cc1. The predicted molar refractivity (Wildman–Crippen MR) is 90.2 cm³/mol. The van der Waals surface area contributed by atoms with Crippen LogP contribution < -0.4 is 5.32 Å². The van der Waals surface area contributed by atoms with Crippen molar-refractivity contribution in [2.45, 2.75) is 46.2 Å². The Morgan fingerprint density at radius 3 is 2.36 bits per heavy atom. The largest absolute Gasteiger partial charge is 0.396 e. The minimum Gasteiger partial charge on any atom is -0.396 e. The highest BCUT2D eigenvalue weighted by atomic mass is 16.3. The lowest BCUT2D eigenvalue weighted by atomic mass is 9.98. The number of aromatic nitrogens is 2. The number of imidazole rings is 1. The van der Waals surface area contributed by atoms with Crippen LogP contribution in [0.5, 0.6) is 0 Å². The van der Waals surface area contributed by atoms with Crippen LogP contribution in [0, 0.1) is 12.8 Å². The molecule has 0 aliphatic heterocycles. The molecule has 2 aromatic rings. The second kappa shape index (κ2) is 7.56. The molecule has 0 spiro atoms. The summed E-state index contributed by atoms with van der Waals surface area (Å²) in [6.45, 7) is 8.77. The van der Waals surface area contributed by atoms with Gasteiger partial charge in [0.1, 0.15) is 5.82 Å². The Hall–Kier alpha value is -1.65. The van der Waals surface area contributed by atoms with E-state index in [-0.39, 0.29) is 12.6 Å². The predicted octanol–water partition coefficient (Wildman–Crippen LogP) is 3.24. The van der Waals surface area contributed by atoms with E-state index in [2.05, 4.69) is 59.9 Å². The summed E-state index contributed by atoms with van der Waals surface area (Å²) < 4.78 is 2.07. The zero-order valence-electron chi connectivity index (χ0n) is 14.0. The van der Waals surface area contributed by atoms with Gasteiger partial charge < -0.3 is 15.0 Å². The smallest absolute Gasteiger partial charge is 0.110 e. The fourth-order valence-electron chi connectivity index (χ4n) is 2.74. The summed E-state index contributed by atoms with van der Waals surface area (Å²) in [4.78, 5) is 4.26. The number of nitrogens with zero attached hydrogens (tertiary/aromatic N) is 2. The summed E-state index contributed by atoms with van der Waals surface area (Å²) in [5.41, 5.74) is 2.38. The van der Waals surface area contributed by atoms with Crippen molar-refractivity contribution in [3.05, 3.63) is 48.0 Å². The second-order valence-electron chi connectivity index (χ2n) is 6.19. The van der Waals surface area contributed by atoms with Gasteiger partial charge in [0.05, 0.1) is 0 Å². The molecule has 120 valence electrons. The summed E-state index contributed by atoms with van der Waals surface area (Å²) in [5.74, 6) is 1.49. The molecule has 2 unspecified atom stereocenters. The lowest BCUT2D eigenvalue weighted by Crippen LogP contribution is -2.36. The van der Waals surface area contributed by atoms with Gasteiger partial charge in [-0.1, -0.05) is 26.0 Å². The third kappa shape index (κ3) is 3.96. The van der Waals surface area contributed by atoms with Crippen LogP contribution in [0.15, 0.2) is 36.7 Å². The maximum atomic E-state index is 9.19. The van der Waals surface area contributed by atoms with E-state index in [4.69, 9.17) is 0 Å². The first-order chi connectivity index (χ1) is 10.5. The maximum Gasteiger partial charge on any atom is 0.110 e. The highest BCUT2D eigenvalue weighted by Gasteiger charge is 2.16. The molecule has 0 saturated heterocycles. The fourth-order valence-corrected chi connectivity index (χ4v) is 2.74. The van der Waals surface area contributed by atoms with E-state index in [1.54, 1.807) is 0 Å². The quantitative estimate of drug-likeness (QED) is 0.825. The molecular formula is C18H27N3O. The van der Waals surface area contributed by atoms with E-state index in [0.717, 1.165) is 17.9 Å². The Labute approximate surface area is 133 Å². The molecule has 0 saturated carbocycles. The van der Waals surface area contributed by atoms with E-state index >= 15 is 0 Å². The normalized spacial score (nSPS) is 14.3. The Morgan fingerprint density at radius 2 is 1.86 bits per heavy atom. The molecule has 0 amide bonds. The second-order valence-corrected chi connectivity index (χ2v) is 6.19. The van der Waals surface area contributed by atoms with Crippen molar-refractivity contribution in [3.63, 3.8) is 0 Å². The van der Waals surface area contributed by atoms with Gasteiger partial charge in [-0.05, 0) is 43.9 Å². The van der Waals surface area contributed by atoms with Crippen LogP contribution in [0.3, 0.4) is 0 Å². The summed E-state index contributed by atoms with van der Waals surface area (Å²) in [6.07, 6.45) is 4.58. The lowest BCUT2D eigenvalue weighted by Gasteiger charge is -2.26.